The van der Waals surface area contributed by atoms with E-state index >= 15 is 0 Å². The van der Waals surface area contributed by atoms with E-state index in [9.17, 15) is 14.4 Å². The van der Waals surface area contributed by atoms with Gasteiger partial charge in [-0.2, -0.15) is 0 Å². The average molecular weight is 400 g/mol. The quantitative estimate of drug-likeness (QED) is 0.319. The number of amides is 2. The highest BCUT2D eigenvalue weighted by molar-refractivity contribution is 9.10. The molecule has 2 aliphatic heterocycles. The highest BCUT2D eigenvalue weighted by atomic mass is 79.9. The number of esters is 1. The van der Waals surface area contributed by atoms with Gasteiger partial charge in [-0.05, 0) is 30.3 Å². The Morgan fingerprint density at radius 2 is 1.64 bits per heavy atom. The third kappa shape index (κ3) is 2.40. The van der Waals surface area contributed by atoms with E-state index in [0.29, 0.717) is 11.4 Å². The van der Waals surface area contributed by atoms with Crippen molar-refractivity contribution in [2.45, 2.75) is 12.8 Å². The highest BCUT2D eigenvalue weighted by Gasteiger charge is 2.54. The maximum Gasteiger partial charge on any atom is 0.324 e. The van der Waals surface area contributed by atoms with Crippen LogP contribution in [0.5, 0.6) is 5.75 Å². The monoisotopic (exact) mass is 399 g/mol. The van der Waals surface area contributed by atoms with E-state index in [1.165, 1.54) is 0 Å². The zero-order chi connectivity index (χ0) is 17.7. The van der Waals surface area contributed by atoms with Crippen LogP contribution in [0.15, 0.2) is 53.0 Å². The van der Waals surface area contributed by atoms with Crippen LogP contribution < -0.4 is 9.64 Å². The Labute approximate surface area is 152 Å². The number of carbonyl (C=O) groups excluding carboxylic acids is 3. The number of halogens is 1. The molecular weight excluding hydrogens is 386 g/mol. The summed E-state index contributed by atoms with van der Waals surface area (Å²) in [5.41, 5.74) is 1.19. The van der Waals surface area contributed by atoms with Gasteiger partial charge in [0.2, 0.25) is 11.8 Å². The average Bonchev–Trinajstić information content (AvgIpc) is 2.60. The normalized spacial score (nSPS) is 25.3. The number of hydrogen-bond acceptors (Lipinski definition) is 4. The predicted molar refractivity (Wildman–Crippen MR) is 94.1 cm³/mol. The fourth-order valence-electron chi connectivity index (χ4n) is 3.61. The summed E-state index contributed by atoms with van der Waals surface area (Å²) in [6.45, 7) is 1.76. The van der Waals surface area contributed by atoms with Crippen molar-refractivity contribution in [3.8, 4) is 5.75 Å². The minimum atomic E-state index is -1.01. The molecule has 2 aromatic rings. The molecule has 4 rings (SSSR count). The van der Waals surface area contributed by atoms with Crippen molar-refractivity contribution < 1.29 is 19.1 Å². The molecular formula is C19H14BrNO4. The van der Waals surface area contributed by atoms with Crippen LogP contribution in [0.25, 0.3) is 0 Å². The number of carbonyl (C=O) groups is 3. The summed E-state index contributed by atoms with van der Waals surface area (Å²) in [5.74, 6) is -3.03. The second-order valence-electron chi connectivity index (χ2n) is 6.24. The minimum absolute atomic E-state index is 0.307. The predicted octanol–water partition coefficient (Wildman–Crippen LogP) is 3.28. The highest BCUT2D eigenvalue weighted by Crippen LogP contribution is 2.46. The van der Waals surface area contributed by atoms with Gasteiger partial charge in [0, 0.05) is 21.9 Å². The first-order valence-corrected chi connectivity index (χ1v) is 8.72. The van der Waals surface area contributed by atoms with Gasteiger partial charge in [-0.3, -0.25) is 14.4 Å². The number of fused-ring (bicyclic) bond motifs is 3. The molecule has 2 aromatic carbocycles. The summed E-state index contributed by atoms with van der Waals surface area (Å²) in [4.78, 5) is 39.5. The Hall–Kier alpha value is -2.47. The number of rotatable bonds is 1. The number of nitrogens with zero attached hydrogens (tertiary/aromatic N) is 1. The van der Waals surface area contributed by atoms with Gasteiger partial charge in [0.25, 0.3) is 0 Å². The molecule has 126 valence electrons. The molecule has 2 amide bonds. The number of para-hydroxylation sites is 1. The second-order valence-corrected chi connectivity index (χ2v) is 7.16. The number of ether oxygens (including phenoxy) is 1. The molecule has 0 aliphatic carbocycles. The molecule has 2 aliphatic rings. The van der Waals surface area contributed by atoms with Crippen molar-refractivity contribution in [1.29, 1.82) is 0 Å². The summed E-state index contributed by atoms with van der Waals surface area (Å²) in [6, 6.07) is 13.9. The molecule has 6 heteroatoms. The van der Waals surface area contributed by atoms with Crippen molar-refractivity contribution >= 4 is 39.4 Å². The molecule has 3 atom stereocenters. The zero-order valence-corrected chi connectivity index (χ0v) is 14.9. The number of piperidine rings is 1. The summed E-state index contributed by atoms with van der Waals surface area (Å²) in [6.07, 6.45) is 0. The van der Waals surface area contributed by atoms with Gasteiger partial charge in [-0.1, -0.05) is 41.1 Å². The number of imide groups is 1. The Kier molecular flexibility index (Phi) is 3.72. The Bertz CT molecular complexity index is 893. The van der Waals surface area contributed by atoms with E-state index in [0.717, 1.165) is 14.9 Å². The molecule has 0 bridgehead atoms. The molecule has 0 N–H and O–H groups in total. The molecule has 0 spiro atoms. The Morgan fingerprint density at radius 3 is 2.36 bits per heavy atom. The number of benzene rings is 2. The van der Waals surface area contributed by atoms with Crippen molar-refractivity contribution in [2.75, 3.05) is 4.90 Å². The van der Waals surface area contributed by atoms with Crippen LogP contribution in [0.3, 0.4) is 0 Å². The maximum absolute atomic E-state index is 13.0. The fraction of sp³-hybridized carbons (Fsp3) is 0.211. The molecule has 1 saturated heterocycles. The van der Waals surface area contributed by atoms with Gasteiger partial charge in [-0.25, -0.2) is 4.90 Å². The summed E-state index contributed by atoms with van der Waals surface area (Å²) >= 11 is 3.33. The van der Waals surface area contributed by atoms with E-state index in [-0.39, 0.29) is 5.91 Å². The van der Waals surface area contributed by atoms with Gasteiger partial charge in [0.15, 0.2) is 0 Å². The molecule has 0 radical (unpaired) electrons. The summed E-state index contributed by atoms with van der Waals surface area (Å²) in [7, 11) is 0. The van der Waals surface area contributed by atoms with Crippen molar-refractivity contribution in [3.05, 3.63) is 58.6 Å². The van der Waals surface area contributed by atoms with Crippen LogP contribution in [0, 0.1) is 11.8 Å². The SMILES string of the molecule is CC1C(=O)N(c2ccc(Br)cc2)C(=O)C2C(=O)Oc3ccccc3C12. The molecule has 0 aromatic heterocycles. The van der Waals surface area contributed by atoms with Crippen LogP contribution in [-0.2, 0) is 14.4 Å². The third-order valence-electron chi connectivity index (χ3n) is 4.82. The lowest BCUT2D eigenvalue weighted by Crippen LogP contribution is -2.57. The van der Waals surface area contributed by atoms with Crippen LogP contribution in [0.2, 0.25) is 0 Å². The minimum Gasteiger partial charge on any atom is -0.426 e. The van der Waals surface area contributed by atoms with E-state index in [1.807, 2.05) is 12.1 Å². The Balaban J connectivity index is 1.81. The number of hydrogen-bond donors (Lipinski definition) is 0. The van der Waals surface area contributed by atoms with Gasteiger partial charge in [-0.15, -0.1) is 0 Å². The summed E-state index contributed by atoms with van der Waals surface area (Å²) in [5, 5.41) is 0. The van der Waals surface area contributed by atoms with Crippen molar-refractivity contribution in [1.82, 2.24) is 0 Å². The van der Waals surface area contributed by atoms with E-state index in [4.69, 9.17) is 4.74 Å². The van der Waals surface area contributed by atoms with E-state index in [1.54, 1.807) is 43.3 Å². The lowest BCUT2D eigenvalue weighted by atomic mass is 9.72. The zero-order valence-electron chi connectivity index (χ0n) is 13.3. The van der Waals surface area contributed by atoms with Gasteiger partial charge in [0.05, 0.1) is 5.69 Å². The van der Waals surface area contributed by atoms with E-state index in [2.05, 4.69) is 15.9 Å². The van der Waals surface area contributed by atoms with Crippen molar-refractivity contribution in [2.24, 2.45) is 11.8 Å². The second kappa shape index (κ2) is 5.81. The standard InChI is InChI=1S/C19H14BrNO4/c1-10-15-13-4-2-3-5-14(13)25-19(24)16(15)18(23)21(17(10)22)12-8-6-11(20)7-9-12/h2-10,15-16H,1H3. The van der Waals surface area contributed by atoms with Crippen molar-refractivity contribution in [3.63, 3.8) is 0 Å². The van der Waals surface area contributed by atoms with Gasteiger partial charge < -0.3 is 4.74 Å². The lowest BCUT2D eigenvalue weighted by molar-refractivity contribution is -0.151. The number of anilines is 1. The first-order chi connectivity index (χ1) is 12.0. The smallest absolute Gasteiger partial charge is 0.324 e. The van der Waals surface area contributed by atoms with E-state index < -0.39 is 29.6 Å². The van der Waals surface area contributed by atoms with Crippen LogP contribution in [0.4, 0.5) is 5.69 Å². The Morgan fingerprint density at radius 1 is 0.960 bits per heavy atom. The van der Waals surface area contributed by atoms with Crippen LogP contribution >= 0.6 is 15.9 Å². The molecule has 0 saturated carbocycles. The summed E-state index contributed by atoms with van der Waals surface area (Å²) < 4.78 is 6.19. The maximum atomic E-state index is 13.0. The molecule has 5 nitrogen and oxygen atoms in total. The largest absolute Gasteiger partial charge is 0.426 e. The molecule has 2 heterocycles. The molecule has 1 fully saturated rings. The van der Waals surface area contributed by atoms with Crippen LogP contribution in [0.1, 0.15) is 18.4 Å². The first-order valence-electron chi connectivity index (χ1n) is 7.93. The fourth-order valence-corrected chi connectivity index (χ4v) is 3.87. The van der Waals surface area contributed by atoms with Gasteiger partial charge in [0.1, 0.15) is 11.7 Å². The van der Waals surface area contributed by atoms with Gasteiger partial charge >= 0.3 is 5.97 Å². The first kappa shape index (κ1) is 16.0. The third-order valence-corrected chi connectivity index (χ3v) is 5.35. The molecule has 3 unspecified atom stereocenters. The topological polar surface area (TPSA) is 63.7 Å². The molecule has 25 heavy (non-hydrogen) atoms. The lowest BCUT2D eigenvalue weighted by Gasteiger charge is -2.41. The van der Waals surface area contributed by atoms with Crippen LogP contribution in [-0.4, -0.2) is 17.8 Å².